The van der Waals surface area contributed by atoms with Crippen LogP contribution in [-0.4, -0.2) is 21.3 Å². The van der Waals surface area contributed by atoms with E-state index in [9.17, 15) is 0 Å². The second-order valence-corrected chi connectivity index (χ2v) is 10.9. The first kappa shape index (κ1) is 23.9. The Morgan fingerprint density at radius 2 is 1.21 bits per heavy atom. The van der Waals surface area contributed by atoms with Gasteiger partial charge in [-0.2, -0.15) is 0 Å². The van der Waals surface area contributed by atoms with E-state index in [0.717, 1.165) is 19.4 Å². The third kappa shape index (κ3) is 7.73. The summed E-state index contributed by atoms with van der Waals surface area (Å²) in [6.45, 7) is 7.47. The molecule has 0 bridgehead atoms. The molecule has 0 heterocycles. The largest absolute Gasteiger partial charge is 0.407 e. The molecule has 0 aliphatic heterocycles. The van der Waals surface area contributed by atoms with Crippen molar-refractivity contribution in [2.24, 2.45) is 0 Å². The highest BCUT2D eigenvalue weighted by atomic mass is 28.4. The van der Waals surface area contributed by atoms with Crippen LogP contribution in [0.1, 0.15) is 78.6 Å². The minimum absolute atomic E-state index is 0.187. The van der Waals surface area contributed by atoms with E-state index in [1.807, 2.05) is 0 Å². The zero-order chi connectivity index (χ0) is 20.8. The third-order valence-corrected chi connectivity index (χ3v) is 8.97. The number of unbranched alkanes of at least 4 members (excludes halogenated alkanes) is 6. The molecule has 1 unspecified atom stereocenters. The maximum atomic E-state index is 6.87. The summed E-state index contributed by atoms with van der Waals surface area (Å²) >= 11 is 0. The maximum Gasteiger partial charge on any atom is 0.407 e. The first-order valence-electron chi connectivity index (χ1n) is 11.7. The lowest BCUT2D eigenvalue weighted by molar-refractivity contribution is 0.132. The summed E-state index contributed by atoms with van der Waals surface area (Å²) in [7, 11) is -2.74. The van der Waals surface area contributed by atoms with Gasteiger partial charge in [-0.05, 0) is 30.1 Å². The van der Waals surface area contributed by atoms with Crippen molar-refractivity contribution in [3.05, 3.63) is 60.7 Å². The van der Waals surface area contributed by atoms with E-state index in [4.69, 9.17) is 8.85 Å². The van der Waals surface area contributed by atoms with E-state index in [1.54, 1.807) is 0 Å². The summed E-state index contributed by atoms with van der Waals surface area (Å²) in [6.07, 6.45) is 11.2. The standard InChI is InChI=1S/C26H40O2Si/c1-4-6-8-9-10-17-23-27-29(25-19-13-11-14-20-25,26-21-15-12-16-22-26)28-24(3)18-7-5-2/h11-16,19-22,24H,4-10,17-18,23H2,1-3H3. The van der Waals surface area contributed by atoms with Gasteiger partial charge in [0.2, 0.25) is 0 Å². The zero-order valence-corrected chi connectivity index (χ0v) is 19.7. The third-order valence-electron chi connectivity index (χ3n) is 5.44. The van der Waals surface area contributed by atoms with Gasteiger partial charge in [-0.15, -0.1) is 0 Å². The van der Waals surface area contributed by atoms with Gasteiger partial charge in [-0.1, -0.05) is 119 Å². The highest BCUT2D eigenvalue weighted by Gasteiger charge is 2.43. The molecule has 0 aliphatic rings. The average Bonchev–Trinajstić information content (AvgIpc) is 2.77. The molecule has 0 saturated carbocycles. The van der Waals surface area contributed by atoms with Gasteiger partial charge in [0.25, 0.3) is 0 Å². The highest BCUT2D eigenvalue weighted by Crippen LogP contribution is 2.17. The molecule has 0 aliphatic carbocycles. The van der Waals surface area contributed by atoms with Crippen LogP contribution in [0.4, 0.5) is 0 Å². The quantitative estimate of drug-likeness (QED) is 0.255. The van der Waals surface area contributed by atoms with E-state index in [2.05, 4.69) is 81.4 Å². The summed E-state index contributed by atoms with van der Waals surface area (Å²) in [5.41, 5.74) is 0. The average molecular weight is 413 g/mol. The molecule has 0 aromatic heterocycles. The van der Waals surface area contributed by atoms with E-state index in [0.29, 0.717) is 0 Å². The van der Waals surface area contributed by atoms with Crippen LogP contribution in [0.25, 0.3) is 0 Å². The second-order valence-electron chi connectivity index (χ2n) is 8.04. The Bertz CT molecular complexity index is 605. The molecule has 2 aromatic carbocycles. The zero-order valence-electron chi connectivity index (χ0n) is 18.7. The highest BCUT2D eigenvalue weighted by molar-refractivity contribution is 6.92. The molecular formula is C26H40O2Si. The van der Waals surface area contributed by atoms with Crippen molar-refractivity contribution in [1.29, 1.82) is 0 Å². The van der Waals surface area contributed by atoms with Crippen molar-refractivity contribution in [2.75, 3.05) is 6.61 Å². The summed E-state index contributed by atoms with van der Waals surface area (Å²) < 4.78 is 13.6. The molecular weight excluding hydrogens is 372 g/mol. The fraction of sp³-hybridized carbons (Fsp3) is 0.538. The lowest BCUT2D eigenvalue weighted by atomic mass is 10.1. The van der Waals surface area contributed by atoms with Gasteiger partial charge < -0.3 is 8.85 Å². The Morgan fingerprint density at radius 1 is 0.690 bits per heavy atom. The van der Waals surface area contributed by atoms with Crippen LogP contribution in [0.3, 0.4) is 0 Å². The first-order valence-corrected chi connectivity index (χ1v) is 13.5. The molecule has 0 saturated heterocycles. The number of rotatable bonds is 15. The second kappa shape index (κ2) is 13.7. The van der Waals surface area contributed by atoms with Gasteiger partial charge in [0.15, 0.2) is 0 Å². The molecule has 0 amide bonds. The number of hydrogen-bond donors (Lipinski definition) is 0. The summed E-state index contributed by atoms with van der Waals surface area (Å²) in [4.78, 5) is 0. The van der Waals surface area contributed by atoms with Gasteiger partial charge in [-0.3, -0.25) is 0 Å². The number of hydrogen-bond acceptors (Lipinski definition) is 2. The van der Waals surface area contributed by atoms with E-state index in [1.165, 1.54) is 55.3 Å². The molecule has 160 valence electrons. The van der Waals surface area contributed by atoms with Gasteiger partial charge >= 0.3 is 8.56 Å². The van der Waals surface area contributed by atoms with Crippen LogP contribution in [0.15, 0.2) is 60.7 Å². The maximum absolute atomic E-state index is 6.87. The molecule has 3 heteroatoms. The minimum Gasteiger partial charge on any atom is -0.388 e. The Balaban J connectivity index is 2.21. The Labute approximate surface area is 179 Å². The van der Waals surface area contributed by atoms with E-state index in [-0.39, 0.29) is 6.10 Å². The number of benzene rings is 2. The van der Waals surface area contributed by atoms with E-state index >= 15 is 0 Å². The van der Waals surface area contributed by atoms with Gasteiger partial charge in [0, 0.05) is 12.7 Å². The van der Waals surface area contributed by atoms with Crippen molar-refractivity contribution in [2.45, 2.75) is 84.7 Å². The topological polar surface area (TPSA) is 18.5 Å². The molecule has 0 radical (unpaired) electrons. The Hall–Kier alpha value is -1.42. The fourth-order valence-corrected chi connectivity index (χ4v) is 7.14. The van der Waals surface area contributed by atoms with Crippen molar-refractivity contribution in [3.8, 4) is 0 Å². The predicted octanol–water partition coefficient (Wildman–Crippen LogP) is 6.22. The smallest absolute Gasteiger partial charge is 0.388 e. The van der Waals surface area contributed by atoms with Crippen LogP contribution in [0.2, 0.25) is 0 Å². The van der Waals surface area contributed by atoms with Crippen molar-refractivity contribution in [3.63, 3.8) is 0 Å². The fourth-order valence-electron chi connectivity index (χ4n) is 3.75. The van der Waals surface area contributed by atoms with Crippen LogP contribution in [0, 0.1) is 0 Å². The van der Waals surface area contributed by atoms with Crippen LogP contribution in [-0.2, 0) is 8.85 Å². The summed E-state index contributed by atoms with van der Waals surface area (Å²) in [6, 6.07) is 21.3. The molecule has 0 fully saturated rings. The van der Waals surface area contributed by atoms with Crippen LogP contribution < -0.4 is 10.4 Å². The molecule has 29 heavy (non-hydrogen) atoms. The normalized spacial score (nSPS) is 12.8. The van der Waals surface area contributed by atoms with Gasteiger partial charge in [-0.25, -0.2) is 0 Å². The minimum atomic E-state index is -2.74. The summed E-state index contributed by atoms with van der Waals surface area (Å²) in [5.74, 6) is 0. The molecule has 0 spiro atoms. The van der Waals surface area contributed by atoms with Crippen molar-refractivity contribution < 1.29 is 8.85 Å². The Morgan fingerprint density at radius 3 is 1.76 bits per heavy atom. The SMILES string of the molecule is CCCCCCCCO[Si](OC(C)CCCC)(c1ccccc1)c1ccccc1. The molecule has 2 rings (SSSR count). The molecule has 0 N–H and O–H groups in total. The molecule has 2 aromatic rings. The lowest BCUT2D eigenvalue weighted by Gasteiger charge is -2.34. The Kier molecular flexibility index (Phi) is 11.3. The molecule has 2 nitrogen and oxygen atoms in total. The monoisotopic (exact) mass is 412 g/mol. The first-order chi connectivity index (χ1) is 14.2. The molecule has 1 atom stereocenters. The lowest BCUT2D eigenvalue weighted by Crippen LogP contribution is -2.64. The van der Waals surface area contributed by atoms with Gasteiger partial charge in [0.05, 0.1) is 0 Å². The van der Waals surface area contributed by atoms with Crippen LogP contribution >= 0.6 is 0 Å². The van der Waals surface area contributed by atoms with Gasteiger partial charge in [0.1, 0.15) is 0 Å². The van der Waals surface area contributed by atoms with E-state index < -0.39 is 8.56 Å². The van der Waals surface area contributed by atoms with Crippen molar-refractivity contribution >= 4 is 18.9 Å². The van der Waals surface area contributed by atoms with Crippen molar-refractivity contribution in [1.82, 2.24) is 0 Å². The van der Waals surface area contributed by atoms with Crippen LogP contribution in [0.5, 0.6) is 0 Å². The predicted molar refractivity (Wildman–Crippen MR) is 127 cm³/mol. The summed E-state index contributed by atoms with van der Waals surface area (Å²) in [5, 5.41) is 2.42.